The molecule has 0 aromatic heterocycles. The Morgan fingerprint density at radius 3 is 1.86 bits per heavy atom. The third-order valence-electron chi connectivity index (χ3n) is 2.40. The molecule has 5 nitrogen and oxygen atoms in total. The zero-order valence-electron chi connectivity index (χ0n) is 10.9. The number of halogens is 4. The Balaban J connectivity index is 3.62. The molecule has 0 fully saturated rings. The molecule has 1 rings (SSSR count). The van der Waals surface area contributed by atoms with E-state index in [9.17, 15) is 14.4 Å². The van der Waals surface area contributed by atoms with Gasteiger partial charge >= 0.3 is 0 Å². The van der Waals surface area contributed by atoms with Crippen LogP contribution in [0.15, 0.2) is 0 Å². The molecule has 0 heterocycles. The molecule has 1 aromatic carbocycles. The van der Waals surface area contributed by atoms with Crippen molar-refractivity contribution in [3.8, 4) is 0 Å². The number of nitrogens with one attached hydrogen (secondary N) is 2. The highest BCUT2D eigenvalue weighted by Gasteiger charge is 2.24. The van der Waals surface area contributed by atoms with Crippen LogP contribution in [-0.4, -0.2) is 17.1 Å². The van der Waals surface area contributed by atoms with E-state index in [0.717, 1.165) is 0 Å². The summed E-state index contributed by atoms with van der Waals surface area (Å²) in [5.74, 6) is -0.457. The molecule has 1 aromatic rings. The van der Waals surface area contributed by atoms with Gasteiger partial charge in [0.15, 0.2) is 0 Å². The first-order chi connectivity index (χ1) is 9.70. The predicted molar refractivity (Wildman–Crippen MR) is 108 cm³/mol. The van der Waals surface area contributed by atoms with Gasteiger partial charge in [-0.05, 0) is 79.4 Å². The quantitative estimate of drug-likeness (QED) is 0.381. The summed E-state index contributed by atoms with van der Waals surface area (Å²) in [7, 11) is 0. The van der Waals surface area contributed by atoms with Crippen molar-refractivity contribution in [3.63, 3.8) is 0 Å². The molecule has 21 heavy (non-hydrogen) atoms. The maximum atomic E-state index is 11.7. The average Bonchev–Trinajstić information content (AvgIpc) is 2.38. The van der Waals surface area contributed by atoms with Gasteiger partial charge in [-0.15, -0.1) is 0 Å². The molecule has 0 radical (unpaired) electrons. The Morgan fingerprint density at radius 1 is 1.00 bits per heavy atom. The molecule has 2 amide bonds. The van der Waals surface area contributed by atoms with E-state index in [4.69, 9.17) is 11.6 Å². The fourth-order valence-corrected chi connectivity index (χ4v) is 6.16. The van der Waals surface area contributed by atoms with Crippen LogP contribution in [0, 0.1) is 10.7 Å². The van der Waals surface area contributed by atoms with Crippen molar-refractivity contribution in [2.24, 2.45) is 0 Å². The van der Waals surface area contributed by atoms with Crippen LogP contribution in [0.5, 0.6) is 0 Å². The Hall–Kier alpha value is 0.310. The van der Waals surface area contributed by atoms with Gasteiger partial charge in [0.05, 0.1) is 27.6 Å². The molecule has 114 valence electrons. The third kappa shape index (κ3) is 4.64. The highest BCUT2D eigenvalue weighted by molar-refractivity contribution is 14.1. The normalized spacial score (nSPS) is 10.2. The number of hydrogen-bond acceptors (Lipinski definition) is 3. The van der Waals surface area contributed by atoms with Crippen LogP contribution in [-0.2, 0) is 9.59 Å². The third-order valence-corrected chi connectivity index (χ3v) is 5.83. The molecule has 0 aliphatic carbocycles. The first kappa shape index (κ1) is 19.4. The average molecular weight is 646 g/mol. The smallest absolute Gasteiger partial charge is 0.254 e. The first-order valence-corrected chi connectivity index (χ1v) is 9.29. The summed E-state index contributed by atoms with van der Waals surface area (Å²) in [5, 5.41) is 4.78. The van der Waals surface area contributed by atoms with Crippen molar-refractivity contribution in [1.29, 1.82) is 0 Å². The molecule has 0 atom stereocenters. The molecular formula is C12H10ClI3N2O3. The second-order valence-corrected chi connectivity index (χ2v) is 7.50. The van der Waals surface area contributed by atoms with Crippen LogP contribution in [0.4, 0.5) is 11.4 Å². The van der Waals surface area contributed by atoms with Crippen LogP contribution in [0.25, 0.3) is 0 Å². The predicted octanol–water partition coefficient (Wildman–Crippen LogP) is 4.19. The van der Waals surface area contributed by atoms with Gasteiger partial charge in [-0.1, -0.05) is 6.92 Å². The molecule has 0 saturated heterocycles. The maximum absolute atomic E-state index is 11.7. The highest BCUT2D eigenvalue weighted by Crippen LogP contribution is 2.39. The number of hydrogen-bond donors (Lipinski definition) is 2. The molecular weight excluding hydrogens is 636 g/mol. The fraction of sp³-hybridized carbons (Fsp3) is 0.250. The number of anilines is 2. The van der Waals surface area contributed by atoms with Crippen molar-refractivity contribution >= 4 is 108 Å². The molecule has 0 unspecified atom stereocenters. The van der Waals surface area contributed by atoms with Gasteiger partial charge < -0.3 is 10.6 Å². The van der Waals surface area contributed by atoms with E-state index in [-0.39, 0.29) is 17.4 Å². The van der Waals surface area contributed by atoms with Crippen molar-refractivity contribution in [2.45, 2.75) is 20.3 Å². The van der Waals surface area contributed by atoms with Gasteiger partial charge in [0.2, 0.25) is 11.8 Å². The Labute approximate surface area is 167 Å². The number of carbonyl (C=O) groups is 3. The van der Waals surface area contributed by atoms with Crippen LogP contribution in [0.3, 0.4) is 0 Å². The molecule has 0 bridgehead atoms. The lowest BCUT2D eigenvalue weighted by atomic mass is 10.1. The van der Waals surface area contributed by atoms with Crippen LogP contribution >= 0.6 is 79.4 Å². The second-order valence-electron chi connectivity index (χ2n) is 3.92. The van der Waals surface area contributed by atoms with Gasteiger partial charge in [0, 0.05) is 13.3 Å². The number of amides is 2. The summed E-state index contributed by atoms with van der Waals surface area (Å²) in [5.41, 5.74) is 1.23. The minimum Gasteiger partial charge on any atom is -0.324 e. The standard InChI is InChI=1S/C12H10ClI3N2O3/c1-3-5(20)18-11-8(15)6(12(13)21)7(14)10(9(11)16)17-4(2)19/h3H2,1-2H3,(H,17,19)(H,18,20). The lowest BCUT2D eigenvalue weighted by Gasteiger charge is -2.18. The SMILES string of the molecule is CCC(=O)Nc1c(I)c(NC(C)=O)c(I)c(C(=O)Cl)c1I. The topological polar surface area (TPSA) is 75.3 Å². The molecule has 0 saturated carbocycles. The Morgan fingerprint density at radius 2 is 1.48 bits per heavy atom. The number of benzene rings is 1. The van der Waals surface area contributed by atoms with Crippen molar-refractivity contribution in [1.82, 2.24) is 0 Å². The van der Waals surface area contributed by atoms with Crippen molar-refractivity contribution in [3.05, 3.63) is 16.3 Å². The van der Waals surface area contributed by atoms with E-state index in [1.54, 1.807) is 6.92 Å². The van der Waals surface area contributed by atoms with Crippen LogP contribution in [0.1, 0.15) is 30.6 Å². The highest BCUT2D eigenvalue weighted by atomic mass is 127. The molecule has 9 heteroatoms. The fourth-order valence-electron chi connectivity index (χ4n) is 1.46. The first-order valence-electron chi connectivity index (χ1n) is 5.68. The minimum absolute atomic E-state index is 0.186. The Bertz CT molecular complexity index is 635. The summed E-state index contributed by atoms with van der Waals surface area (Å²) in [4.78, 5) is 34.7. The number of rotatable bonds is 4. The zero-order valence-corrected chi connectivity index (χ0v) is 18.2. The van der Waals surface area contributed by atoms with E-state index in [1.165, 1.54) is 6.92 Å². The minimum atomic E-state index is -0.640. The summed E-state index contributed by atoms with van der Waals surface area (Å²) in [6.45, 7) is 3.10. The van der Waals surface area contributed by atoms with Gasteiger partial charge in [0.1, 0.15) is 0 Å². The van der Waals surface area contributed by atoms with E-state index in [1.807, 2.05) is 67.8 Å². The van der Waals surface area contributed by atoms with Crippen molar-refractivity contribution in [2.75, 3.05) is 10.6 Å². The van der Waals surface area contributed by atoms with E-state index < -0.39 is 5.24 Å². The van der Waals surface area contributed by atoms with Gasteiger partial charge in [-0.2, -0.15) is 0 Å². The van der Waals surface area contributed by atoms with Gasteiger partial charge in [-0.25, -0.2) is 0 Å². The summed E-state index contributed by atoms with van der Waals surface area (Å²) >= 11 is 11.6. The van der Waals surface area contributed by atoms with E-state index in [2.05, 4.69) is 10.6 Å². The number of carbonyl (C=O) groups excluding carboxylic acids is 3. The Kier molecular flexibility index (Phi) is 7.60. The molecule has 0 aliphatic rings. The lowest BCUT2D eigenvalue weighted by molar-refractivity contribution is -0.116. The summed E-state index contributed by atoms with van der Waals surface area (Å²) < 4.78 is 1.75. The zero-order chi connectivity index (χ0) is 16.3. The monoisotopic (exact) mass is 646 g/mol. The largest absolute Gasteiger partial charge is 0.324 e. The van der Waals surface area contributed by atoms with E-state index >= 15 is 0 Å². The van der Waals surface area contributed by atoms with Crippen LogP contribution < -0.4 is 10.6 Å². The molecule has 0 aliphatic heterocycles. The van der Waals surface area contributed by atoms with Gasteiger partial charge in [0.25, 0.3) is 5.24 Å². The van der Waals surface area contributed by atoms with Crippen molar-refractivity contribution < 1.29 is 14.4 Å². The maximum Gasteiger partial charge on any atom is 0.254 e. The summed E-state index contributed by atoms with van der Waals surface area (Å²) in [6.07, 6.45) is 0.303. The second kappa shape index (κ2) is 8.24. The van der Waals surface area contributed by atoms with Gasteiger partial charge in [-0.3, -0.25) is 14.4 Å². The molecule has 2 N–H and O–H groups in total. The van der Waals surface area contributed by atoms with E-state index in [0.29, 0.717) is 28.5 Å². The lowest BCUT2D eigenvalue weighted by Crippen LogP contribution is -2.18. The van der Waals surface area contributed by atoms with Crippen LogP contribution in [0.2, 0.25) is 0 Å². The summed E-state index contributed by atoms with van der Waals surface area (Å²) in [6, 6.07) is 0. The molecule has 0 spiro atoms.